The van der Waals surface area contributed by atoms with Gasteiger partial charge < -0.3 is 15.3 Å². The van der Waals surface area contributed by atoms with Crippen molar-refractivity contribution >= 4 is 6.03 Å². The van der Waals surface area contributed by atoms with Crippen LogP contribution in [-0.4, -0.2) is 66.3 Å². The van der Waals surface area contributed by atoms with Crippen molar-refractivity contribution in [3.63, 3.8) is 0 Å². The third-order valence-electron chi connectivity index (χ3n) is 5.03. The van der Waals surface area contributed by atoms with Crippen LogP contribution >= 0.6 is 0 Å². The fourth-order valence-electron chi connectivity index (χ4n) is 3.56. The maximum atomic E-state index is 12.3. The number of nitrogens with one attached hydrogen (secondary N) is 1. The van der Waals surface area contributed by atoms with Gasteiger partial charge in [0.1, 0.15) is 0 Å². The summed E-state index contributed by atoms with van der Waals surface area (Å²) in [4.78, 5) is 16.4. The van der Waals surface area contributed by atoms with Gasteiger partial charge >= 0.3 is 6.03 Å². The Bertz CT molecular complexity index is 367. The van der Waals surface area contributed by atoms with Crippen LogP contribution in [0, 0.1) is 5.92 Å². The Labute approximate surface area is 134 Å². The molecule has 0 aromatic carbocycles. The van der Waals surface area contributed by atoms with Crippen LogP contribution in [0.15, 0.2) is 12.7 Å². The molecule has 2 atom stereocenters. The molecule has 1 saturated heterocycles. The number of aliphatic hydroxyl groups is 1. The van der Waals surface area contributed by atoms with E-state index in [0.717, 1.165) is 51.7 Å². The van der Waals surface area contributed by atoms with Gasteiger partial charge in [0, 0.05) is 45.2 Å². The second-order valence-electron chi connectivity index (χ2n) is 6.81. The second-order valence-corrected chi connectivity index (χ2v) is 6.81. The van der Waals surface area contributed by atoms with Crippen LogP contribution in [0.3, 0.4) is 0 Å². The van der Waals surface area contributed by atoms with Crippen LogP contribution in [-0.2, 0) is 0 Å². The van der Waals surface area contributed by atoms with Gasteiger partial charge in [0.25, 0.3) is 0 Å². The van der Waals surface area contributed by atoms with Crippen molar-refractivity contribution < 1.29 is 9.90 Å². The molecular weight excluding hydrogens is 278 g/mol. The molecule has 2 fully saturated rings. The van der Waals surface area contributed by atoms with Crippen molar-refractivity contribution in [1.82, 2.24) is 15.1 Å². The number of likely N-dealkylation sites (tertiary alicyclic amines) is 1. The minimum absolute atomic E-state index is 0.0000517. The van der Waals surface area contributed by atoms with E-state index in [0.29, 0.717) is 6.54 Å². The lowest BCUT2D eigenvalue weighted by atomic mass is 9.86. The predicted octanol–water partition coefficient (Wildman–Crippen LogP) is 1.83. The predicted molar refractivity (Wildman–Crippen MR) is 88.8 cm³/mol. The van der Waals surface area contributed by atoms with Crippen LogP contribution in [0.1, 0.15) is 38.5 Å². The smallest absolute Gasteiger partial charge is 0.317 e. The number of carbonyl (C=O) groups excluding carboxylic acids is 1. The Balaban J connectivity index is 1.71. The Morgan fingerprint density at radius 1 is 1.32 bits per heavy atom. The van der Waals surface area contributed by atoms with E-state index >= 15 is 0 Å². The number of hydrogen-bond acceptors (Lipinski definition) is 3. The lowest BCUT2D eigenvalue weighted by Crippen LogP contribution is -2.49. The number of piperidine rings is 1. The first kappa shape index (κ1) is 17.3. The first-order chi connectivity index (χ1) is 10.6. The van der Waals surface area contributed by atoms with Gasteiger partial charge in [0.05, 0.1) is 6.10 Å². The minimum atomic E-state index is -0.244. The summed E-state index contributed by atoms with van der Waals surface area (Å²) < 4.78 is 0. The lowest BCUT2D eigenvalue weighted by molar-refractivity contribution is 0.0560. The molecule has 0 unspecified atom stereocenters. The standard InChI is InChI=1S/C17H31N3O2/c1-3-10-20-11-8-15(9-12-20)18-17(22)19(2)13-14-6-4-5-7-16(14)21/h3,14-16,21H,1,4-13H2,2H3,(H,18,22)/t14-,16-/m0/s1. The summed E-state index contributed by atoms with van der Waals surface area (Å²) in [7, 11) is 1.84. The second kappa shape index (κ2) is 8.53. The van der Waals surface area contributed by atoms with Gasteiger partial charge in [0.15, 0.2) is 0 Å². The van der Waals surface area contributed by atoms with Gasteiger partial charge in [-0.1, -0.05) is 18.9 Å². The highest BCUT2D eigenvalue weighted by atomic mass is 16.3. The summed E-state index contributed by atoms with van der Waals surface area (Å²) in [5.41, 5.74) is 0. The molecule has 22 heavy (non-hydrogen) atoms. The number of nitrogens with zero attached hydrogens (tertiary/aromatic N) is 2. The highest BCUT2D eigenvalue weighted by Gasteiger charge is 2.27. The van der Waals surface area contributed by atoms with Gasteiger partial charge in [-0.3, -0.25) is 4.90 Å². The van der Waals surface area contributed by atoms with E-state index in [1.807, 2.05) is 13.1 Å². The highest BCUT2D eigenvalue weighted by Crippen LogP contribution is 2.24. The van der Waals surface area contributed by atoms with Crippen LogP contribution in [0.4, 0.5) is 4.79 Å². The molecule has 1 saturated carbocycles. The Hall–Kier alpha value is -1.07. The summed E-state index contributed by atoms with van der Waals surface area (Å²) in [5, 5.41) is 13.2. The molecule has 1 aliphatic heterocycles. The Morgan fingerprint density at radius 3 is 2.64 bits per heavy atom. The number of rotatable bonds is 5. The average molecular weight is 309 g/mol. The lowest BCUT2D eigenvalue weighted by Gasteiger charge is -2.34. The molecule has 2 N–H and O–H groups in total. The van der Waals surface area contributed by atoms with Crippen LogP contribution in [0.25, 0.3) is 0 Å². The molecule has 1 aliphatic carbocycles. The number of carbonyl (C=O) groups is 1. The van der Waals surface area contributed by atoms with Crippen LogP contribution < -0.4 is 5.32 Å². The van der Waals surface area contributed by atoms with E-state index in [9.17, 15) is 9.90 Å². The molecule has 5 heteroatoms. The summed E-state index contributed by atoms with van der Waals surface area (Å²) in [5.74, 6) is 0.235. The third kappa shape index (κ3) is 4.99. The van der Waals surface area contributed by atoms with Gasteiger partial charge in [-0.15, -0.1) is 6.58 Å². The van der Waals surface area contributed by atoms with E-state index in [2.05, 4.69) is 16.8 Å². The normalized spacial score (nSPS) is 27.4. The van der Waals surface area contributed by atoms with E-state index in [1.54, 1.807) is 4.90 Å². The molecular formula is C17H31N3O2. The molecule has 2 amide bonds. The summed E-state index contributed by atoms with van der Waals surface area (Å²) in [6.45, 7) is 7.39. The van der Waals surface area contributed by atoms with Crippen molar-refractivity contribution in [2.45, 2.75) is 50.7 Å². The molecule has 0 spiro atoms. The van der Waals surface area contributed by atoms with E-state index in [-0.39, 0.29) is 24.1 Å². The van der Waals surface area contributed by atoms with Gasteiger partial charge in [-0.25, -0.2) is 4.79 Å². The summed E-state index contributed by atoms with van der Waals surface area (Å²) >= 11 is 0. The van der Waals surface area contributed by atoms with E-state index < -0.39 is 0 Å². The fraction of sp³-hybridized carbons (Fsp3) is 0.824. The first-order valence-corrected chi connectivity index (χ1v) is 8.63. The summed E-state index contributed by atoms with van der Waals surface area (Å²) in [6.07, 6.45) is 7.86. The van der Waals surface area contributed by atoms with Crippen LogP contribution in [0.2, 0.25) is 0 Å². The topological polar surface area (TPSA) is 55.8 Å². The summed E-state index contributed by atoms with van der Waals surface area (Å²) in [6, 6.07) is 0.271. The largest absolute Gasteiger partial charge is 0.393 e. The van der Waals surface area contributed by atoms with Crippen molar-refractivity contribution in [3.8, 4) is 0 Å². The quantitative estimate of drug-likeness (QED) is 0.762. The maximum Gasteiger partial charge on any atom is 0.317 e. The molecule has 0 radical (unpaired) electrons. The molecule has 1 heterocycles. The number of aliphatic hydroxyl groups excluding tert-OH is 1. The third-order valence-corrected chi connectivity index (χ3v) is 5.03. The minimum Gasteiger partial charge on any atom is -0.393 e. The van der Waals surface area contributed by atoms with Crippen molar-refractivity contribution in [1.29, 1.82) is 0 Å². The van der Waals surface area contributed by atoms with Crippen molar-refractivity contribution in [3.05, 3.63) is 12.7 Å². The molecule has 126 valence electrons. The van der Waals surface area contributed by atoms with E-state index in [1.165, 1.54) is 6.42 Å². The van der Waals surface area contributed by atoms with Crippen molar-refractivity contribution in [2.75, 3.05) is 33.2 Å². The Morgan fingerprint density at radius 2 is 2.00 bits per heavy atom. The zero-order valence-corrected chi connectivity index (χ0v) is 13.8. The molecule has 2 rings (SSSR count). The number of amides is 2. The van der Waals surface area contributed by atoms with Crippen LogP contribution in [0.5, 0.6) is 0 Å². The highest BCUT2D eigenvalue weighted by molar-refractivity contribution is 5.74. The zero-order chi connectivity index (χ0) is 15.9. The SMILES string of the molecule is C=CCN1CCC(NC(=O)N(C)C[C@@H]2CCCC[C@@H]2O)CC1. The maximum absolute atomic E-state index is 12.3. The zero-order valence-electron chi connectivity index (χ0n) is 13.8. The van der Waals surface area contributed by atoms with Gasteiger partial charge in [0.2, 0.25) is 0 Å². The molecule has 0 bridgehead atoms. The van der Waals surface area contributed by atoms with Gasteiger partial charge in [-0.05, 0) is 25.7 Å². The molecule has 0 aromatic rings. The average Bonchev–Trinajstić information content (AvgIpc) is 2.51. The Kier molecular flexibility index (Phi) is 6.70. The molecule has 2 aliphatic rings. The first-order valence-electron chi connectivity index (χ1n) is 8.63. The fourth-order valence-corrected chi connectivity index (χ4v) is 3.56. The van der Waals surface area contributed by atoms with Gasteiger partial charge in [-0.2, -0.15) is 0 Å². The number of urea groups is 1. The van der Waals surface area contributed by atoms with Crippen molar-refractivity contribution in [2.24, 2.45) is 5.92 Å². The number of hydrogen-bond donors (Lipinski definition) is 2. The van der Waals surface area contributed by atoms with E-state index in [4.69, 9.17) is 0 Å². The molecule has 0 aromatic heterocycles. The molecule has 5 nitrogen and oxygen atoms in total. The monoisotopic (exact) mass is 309 g/mol.